The van der Waals surface area contributed by atoms with Gasteiger partial charge < -0.3 is 15.1 Å². The van der Waals surface area contributed by atoms with Gasteiger partial charge in [0.1, 0.15) is 0 Å². The first-order chi connectivity index (χ1) is 8.18. The number of rotatable bonds is 3. The topological polar surface area (TPSA) is 35.6 Å². The maximum absolute atomic E-state index is 12.3. The van der Waals surface area contributed by atoms with Crippen molar-refractivity contribution < 1.29 is 4.79 Å². The van der Waals surface area contributed by atoms with Gasteiger partial charge in [0.25, 0.3) is 0 Å². The minimum atomic E-state index is 0.209. The van der Waals surface area contributed by atoms with Crippen LogP contribution in [0.25, 0.3) is 0 Å². The fraction of sp³-hybridized carbons (Fsp3) is 0.923. The number of piperidine rings is 1. The smallest absolute Gasteiger partial charge is 0.226 e. The molecule has 1 amide bonds. The number of nitrogens with one attached hydrogen (secondary N) is 1. The highest BCUT2D eigenvalue weighted by Gasteiger charge is 2.28. The number of carbonyl (C=O) groups is 1. The van der Waals surface area contributed by atoms with Crippen LogP contribution in [0.1, 0.15) is 25.7 Å². The molecule has 17 heavy (non-hydrogen) atoms. The van der Waals surface area contributed by atoms with E-state index in [0.29, 0.717) is 11.9 Å². The first-order valence-corrected chi connectivity index (χ1v) is 6.84. The lowest BCUT2D eigenvalue weighted by Crippen LogP contribution is -2.45. The Labute approximate surface area is 104 Å². The monoisotopic (exact) mass is 239 g/mol. The average molecular weight is 239 g/mol. The Kier molecular flexibility index (Phi) is 4.40. The zero-order chi connectivity index (χ0) is 12.3. The van der Waals surface area contributed by atoms with Gasteiger partial charge in [0.05, 0.1) is 5.92 Å². The van der Waals surface area contributed by atoms with Crippen molar-refractivity contribution in [1.29, 1.82) is 0 Å². The molecular formula is C13H25N3O. The SMILES string of the molecule is CN(CC1CCCN1C)C(=O)[C@@H]1CCCNC1. The van der Waals surface area contributed by atoms with E-state index in [1.54, 1.807) is 0 Å². The molecule has 2 fully saturated rings. The number of nitrogens with zero attached hydrogens (tertiary/aromatic N) is 2. The van der Waals surface area contributed by atoms with Gasteiger partial charge in [0.15, 0.2) is 0 Å². The minimum absolute atomic E-state index is 0.209. The second-order valence-corrected chi connectivity index (χ2v) is 5.54. The molecule has 98 valence electrons. The van der Waals surface area contributed by atoms with Crippen LogP contribution < -0.4 is 5.32 Å². The van der Waals surface area contributed by atoms with Gasteiger partial charge in [-0.3, -0.25) is 4.79 Å². The maximum atomic E-state index is 12.3. The predicted octanol–water partition coefficient (Wildman–Crippen LogP) is 0.539. The van der Waals surface area contributed by atoms with Crippen LogP contribution in [0.5, 0.6) is 0 Å². The Balaban J connectivity index is 1.81. The molecule has 0 radical (unpaired) electrons. The molecule has 0 spiro atoms. The van der Waals surface area contributed by atoms with Crippen LogP contribution in [0.3, 0.4) is 0 Å². The zero-order valence-electron chi connectivity index (χ0n) is 11.1. The fourth-order valence-electron chi connectivity index (χ4n) is 2.99. The molecule has 1 unspecified atom stereocenters. The Morgan fingerprint density at radius 3 is 2.82 bits per heavy atom. The van der Waals surface area contributed by atoms with Crippen molar-refractivity contribution in [3.05, 3.63) is 0 Å². The largest absolute Gasteiger partial charge is 0.344 e. The number of hydrogen-bond donors (Lipinski definition) is 1. The summed E-state index contributed by atoms with van der Waals surface area (Å²) in [6.07, 6.45) is 4.69. The van der Waals surface area contributed by atoms with Gasteiger partial charge in [-0.25, -0.2) is 0 Å². The summed E-state index contributed by atoms with van der Waals surface area (Å²) in [6, 6.07) is 0.570. The van der Waals surface area contributed by atoms with Gasteiger partial charge in [-0.15, -0.1) is 0 Å². The van der Waals surface area contributed by atoms with E-state index in [9.17, 15) is 4.79 Å². The van der Waals surface area contributed by atoms with E-state index in [4.69, 9.17) is 0 Å². The lowest BCUT2D eigenvalue weighted by molar-refractivity contribution is -0.135. The molecule has 0 aromatic rings. The quantitative estimate of drug-likeness (QED) is 0.781. The summed E-state index contributed by atoms with van der Waals surface area (Å²) < 4.78 is 0. The first-order valence-electron chi connectivity index (χ1n) is 6.84. The number of amides is 1. The van der Waals surface area contributed by atoms with E-state index < -0.39 is 0 Å². The number of hydrogen-bond acceptors (Lipinski definition) is 3. The van der Waals surface area contributed by atoms with E-state index in [2.05, 4.69) is 17.3 Å². The van der Waals surface area contributed by atoms with E-state index in [1.165, 1.54) is 19.4 Å². The lowest BCUT2D eigenvalue weighted by Gasteiger charge is -2.30. The van der Waals surface area contributed by atoms with E-state index in [1.807, 2.05) is 11.9 Å². The minimum Gasteiger partial charge on any atom is -0.344 e. The van der Waals surface area contributed by atoms with Crippen LogP contribution in [-0.4, -0.2) is 62.0 Å². The summed E-state index contributed by atoms with van der Waals surface area (Å²) in [5.41, 5.74) is 0. The van der Waals surface area contributed by atoms with Crippen molar-refractivity contribution >= 4 is 5.91 Å². The molecular weight excluding hydrogens is 214 g/mol. The van der Waals surface area contributed by atoms with Crippen molar-refractivity contribution in [2.24, 2.45) is 5.92 Å². The van der Waals surface area contributed by atoms with E-state index in [-0.39, 0.29) is 5.92 Å². The fourth-order valence-corrected chi connectivity index (χ4v) is 2.99. The molecule has 4 nitrogen and oxygen atoms in total. The summed E-state index contributed by atoms with van der Waals surface area (Å²) in [5.74, 6) is 0.540. The van der Waals surface area contributed by atoms with Crippen LogP contribution in [0, 0.1) is 5.92 Å². The van der Waals surface area contributed by atoms with Gasteiger partial charge in [0, 0.05) is 26.2 Å². The Morgan fingerprint density at radius 1 is 1.41 bits per heavy atom. The number of likely N-dealkylation sites (tertiary alicyclic amines) is 1. The van der Waals surface area contributed by atoms with Crippen molar-refractivity contribution in [2.45, 2.75) is 31.7 Å². The molecule has 0 aliphatic carbocycles. The van der Waals surface area contributed by atoms with Crippen molar-refractivity contribution in [1.82, 2.24) is 15.1 Å². The molecule has 2 atom stereocenters. The van der Waals surface area contributed by atoms with Gasteiger partial charge in [-0.1, -0.05) is 0 Å². The third-order valence-corrected chi connectivity index (χ3v) is 4.18. The highest BCUT2D eigenvalue weighted by molar-refractivity contribution is 5.79. The normalized spacial score (nSPS) is 30.5. The average Bonchev–Trinajstić information content (AvgIpc) is 2.75. The Morgan fingerprint density at radius 2 is 2.24 bits per heavy atom. The van der Waals surface area contributed by atoms with Crippen LogP contribution >= 0.6 is 0 Å². The van der Waals surface area contributed by atoms with Crippen LogP contribution in [0.2, 0.25) is 0 Å². The molecule has 4 heteroatoms. The summed E-state index contributed by atoms with van der Waals surface area (Å²) in [5, 5.41) is 3.32. The predicted molar refractivity (Wildman–Crippen MR) is 68.9 cm³/mol. The molecule has 2 aliphatic rings. The maximum Gasteiger partial charge on any atom is 0.226 e. The molecule has 2 aliphatic heterocycles. The Hall–Kier alpha value is -0.610. The first kappa shape index (κ1) is 12.8. The number of carbonyl (C=O) groups excluding carboxylic acids is 1. The van der Waals surface area contributed by atoms with Crippen LogP contribution in [0.15, 0.2) is 0 Å². The van der Waals surface area contributed by atoms with Gasteiger partial charge in [-0.2, -0.15) is 0 Å². The summed E-state index contributed by atoms with van der Waals surface area (Å²) in [6.45, 7) is 4.01. The Bertz CT molecular complexity index is 263. The molecule has 0 aromatic carbocycles. The van der Waals surface area contributed by atoms with Gasteiger partial charge in [-0.05, 0) is 45.8 Å². The highest BCUT2D eigenvalue weighted by Crippen LogP contribution is 2.18. The standard InChI is InChI=1S/C13H25N3O/c1-15-8-4-6-12(15)10-16(2)13(17)11-5-3-7-14-9-11/h11-12,14H,3-10H2,1-2H3/t11-,12?/m1/s1. The molecule has 0 bridgehead atoms. The molecule has 2 saturated heterocycles. The second kappa shape index (κ2) is 5.83. The summed E-state index contributed by atoms with van der Waals surface area (Å²) in [4.78, 5) is 16.6. The van der Waals surface area contributed by atoms with Gasteiger partial charge >= 0.3 is 0 Å². The second-order valence-electron chi connectivity index (χ2n) is 5.54. The molecule has 2 heterocycles. The zero-order valence-corrected chi connectivity index (χ0v) is 11.1. The third kappa shape index (κ3) is 3.19. The molecule has 0 aromatic heterocycles. The van der Waals surface area contributed by atoms with E-state index in [0.717, 1.165) is 32.5 Å². The van der Waals surface area contributed by atoms with Crippen molar-refractivity contribution in [3.8, 4) is 0 Å². The van der Waals surface area contributed by atoms with Crippen molar-refractivity contribution in [3.63, 3.8) is 0 Å². The summed E-state index contributed by atoms with van der Waals surface area (Å²) >= 11 is 0. The lowest BCUT2D eigenvalue weighted by atomic mass is 9.98. The molecule has 0 saturated carbocycles. The molecule has 2 rings (SSSR count). The number of likely N-dealkylation sites (N-methyl/N-ethyl adjacent to an activating group) is 2. The van der Waals surface area contributed by atoms with Crippen LogP contribution in [-0.2, 0) is 4.79 Å². The highest BCUT2D eigenvalue weighted by atomic mass is 16.2. The summed E-state index contributed by atoms with van der Waals surface area (Å²) in [7, 11) is 4.13. The van der Waals surface area contributed by atoms with Gasteiger partial charge in [0.2, 0.25) is 5.91 Å². The molecule has 1 N–H and O–H groups in total. The third-order valence-electron chi connectivity index (χ3n) is 4.18. The van der Waals surface area contributed by atoms with Crippen molar-refractivity contribution in [2.75, 3.05) is 40.3 Å². The van der Waals surface area contributed by atoms with E-state index >= 15 is 0 Å². The van der Waals surface area contributed by atoms with Crippen LogP contribution in [0.4, 0.5) is 0 Å².